The maximum Gasteiger partial charge on any atom is 0.146 e. The Morgan fingerprint density at radius 2 is 1.17 bits per heavy atom. The van der Waals surface area contributed by atoms with Gasteiger partial charge in [-0.25, -0.2) is 0 Å². The fourth-order valence-corrected chi connectivity index (χ4v) is 6.88. The molecule has 41 heavy (non-hydrogen) atoms. The van der Waals surface area contributed by atoms with E-state index in [1.165, 1.54) is 10.4 Å². The molecule has 0 bridgehead atoms. The van der Waals surface area contributed by atoms with Crippen LogP contribution in [0.5, 0.6) is 11.5 Å². The molecule has 0 unspecified atom stereocenters. The van der Waals surface area contributed by atoms with E-state index in [1.807, 2.05) is 43.3 Å². The molecule has 0 radical (unpaired) electrons. The van der Waals surface area contributed by atoms with E-state index in [0.29, 0.717) is 17.9 Å². The standard InChI is InChI=1S/C36H49N3O2/c1-23-16-24(32(41)30(17-23)39-37-28-14-12-13-15-29(28)38-39)18-25-19-26(35(8,9)21-33(2,3)4)20-27(31(25)40)36(10,11)22-34(5,6)7/h12-17,19-20,40-41H,18,21-22H2,1-11H3. The summed E-state index contributed by atoms with van der Waals surface area (Å²) < 4.78 is 0. The molecule has 0 amide bonds. The van der Waals surface area contributed by atoms with Crippen LogP contribution in [0, 0.1) is 17.8 Å². The first-order chi connectivity index (χ1) is 18.8. The summed E-state index contributed by atoms with van der Waals surface area (Å²) in [6.45, 7) is 24.6. The van der Waals surface area contributed by atoms with Crippen LogP contribution in [0.3, 0.4) is 0 Å². The molecule has 1 aromatic heterocycles. The predicted molar refractivity (Wildman–Crippen MR) is 170 cm³/mol. The van der Waals surface area contributed by atoms with Crippen molar-refractivity contribution in [2.75, 3.05) is 0 Å². The van der Waals surface area contributed by atoms with Crippen LogP contribution >= 0.6 is 0 Å². The molecular formula is C36H49N3O2. The van der Waals surface area contributed by atoms with E-state index in [1.54, 1.807) is 0 Å². The third kappa shape index (κ3) is 6.94. The number of aromatic nitrogens is 3. The van der Waals surface area contributed by atoms with Crippen molar-refractivity contribution in [3.8, 4) is 17.2 Å². The molecular weight excluding hydrogens is 506 g/mol. The van der Waals surface area contributed by atoms with Gasteiger partial charge in [-0.15, -0.1) is 15.0 Å². The van der Waals surface area contributed by atoms with Crippen molar-refractivity contribution >= 4 is 11.0 Å². The van der Waals surface area contributed by atoms with Crippen LogP contribution < -0.4 is 0 Å². The van der Waals surface area contributed by atoms with Crippen molar-refractivity contribution in [1.29, 1.82) is 0 Å². The number of nitrogens with zero attached hydrogens (tertiary/aromatic N) is 3. The lowest BCUT2D eigenvalue weighted by Gasteiger charge is -2.37. The quantitative estimate of drug-likeness (QED) is 0.238. The highest BCUT2D eigenvalue weighted by Gasteiger charge is 2.34. The van der Waals surface area contributed by atoms with Crippen LogP contribution in [-0.2, 0) is 17.3 Å². The molecule has 4 rings (SSSR count). The molecule has 0 atom stereocenters. The number of hydrogen-bond acceptors (Lipinski definition) is 4. The van der Waals surface area contributed by atoms with E-state index < -0.39 is 0 Å². The second-order valence-corrected chi connectivity index (χ2v) is 15.7. The third-order valence-electron chi connectivity index (χ3n) is 7.84. The smallest absolute Gasteiger partial charge is 0.146 e. The number of phenols is 2. The summed E-state index contributed by atoms with van der Waals surface area (Å²) >= 11 is 0. The molecule has 2 N–H and O–H groups in total. The zero-order valence-corrected chi connectivity index (χ0v) is 27.0. The van der Waals surface area contributed by atoms with Crippen molar-refractivity contribution in [1.82, 2.24) is 15.0 Å². The summed E-state index contributed by atoms with van der Waals surface area (Å²) in [4.78, 5) is 1.51. The first-order valence-electron chi connectivity index (χ1n) is 14.8. The van der Waals surface area contributed by atoms with Crippen molar-refractivity contribution in [3.63, 3.8) is 0 Å². The molecule has 0 spiro atoms. The lowest BCUT2D eigenvalue weighted by Crippen LogP contribution is -2.28. The summed E-state index contributed by atoms with van der Waals surface area (Å²) in [6.07, 6.45) is 2.32. The van der Waals surface area contributed by atoms with Crippen LogP contribution in [0.25, 0.3) is 16.7 Å². The Kier molecular flexibility index (Phi) is 7.83. The Morgan fingerprint density at radius 3 is 1.71 bits per heavy atom. The van der Waals surface area contributed by atoms with E-state index >= 15 is 0 Å². The summed E-state index contributed by atoms with van der Waals surface area (Å²) in [5.74, 6) is 0.449. The van der Waals surface area contributed by atoms with Gasteiger partial charge in [0, 0.05) is 17.5 Å². The molecule has 1 heterocycles. The SMILES string of the molecule is Cc1cc(Cc2cc(C(C)(C)CC(C)(C)C)cc(C(C)(C)CC(C)(C)C)c2O)c(O)c(-n2nc3ccccc3n2)c1. The maximum absolute atomic E-state index is 11.8. The van der Waals surface area contributed by atoms with Gasteiger partial charge in [0.1, 0.15) is 28.2 Å². The van der Waals surface area contributed by atoms with Crippen molar-refractivity contribution < 1.29 is 10.2 Å². The number of fused-ring (bicyclic) bond motifs is 1. The second-order valence-electron chi connectivity index (χ2n) is 15.7. The number of rotatable bonds is 7. The van der Waals surface area contributed by atoms with Crippen LogP contribution in [0.4, 0.5) is 0 Å². The Balaban J connectivity index is 1.87. The maximum atomic E-state index is 11.8. The third-order valence-corrected chi connectivity index (χ3v) is 7.84. The van der Waals surface area contributed by atoms with Gasteiger partial charge >= 0.3 is 0 Å². The molecule has 5 heteroatoms. The number of phenolic OH excluding ortho intramolecular Hbond substituents is 2. The van der Waals surface area contributed by atoms with E-state index in [9.17, 15) is 10.2 Å². The molecule has 4 aromatic rings. The minimum absolute atomic E-state index is 0.0943. The Morgan fingerprint density at radius 1 is 0.659 bits per heavy atom. The lowest BCUT2D eigenvalue weighted by atomic mass is 9.68. The van der Waals surface area contributed by atoms with Gasteiger partial charge in [0.05, 0.1) is 0 Å². The Hall–Kier alpha value is -3.34. The highest BCUT2D eigenvalue weighted by atomic mass is 16.3. The normalized spacial score (nSPS) is 13.2. The molecule has 3 aromatic carbocycles. The Labute approximate surface area is 246 Å². The van der Waals surface area contributed by atoms with Gasteiger partial charge in [-0.1, -0.05) is 99.6 Å². The lowest BCUT2D eigenvalue weighted by molar-refractivity contribution is 0.274. The van der Waals surface area contributed by atoms with Gasteiger partial charge in [-0.05, 0) is 76.3 Å². The van der Waals surface area contributed by atoms with Gasteiger partial charge < -0.3 is 10.2 Å². The number of aromatic hydroxyl groups is 2. The zero-order valence-electron chi connectivity index (χ0n) is 27.0. The zero-order chi connectivity index (χ0) is 30.5. The fraction of sp³-hybridized carbons (Fsp3) is 0.500. The molecule has 5 nitrogen and oxygen atoms in total. The first-order valence-corrected chi connectivity index (χ1v) is 14.8. The minimum Gasteiger partial charge on any atom is -0.507 e. The average molecular weight is 556 g/mol. The summed E-state index contributed by atoms with van der Waals surface area (Å²) in [5, 5.41) is 32.6. The molecule has 0 fully saturated rings. The highest BCUT2D eigenvalue weighted by Crippen LogP contribution is 2.46. The van der Waals surface area contributed by atoms with E-state index in [-0.39, 0.29) is 27.4 Å². The van der Waals surface area contributed by atoms with Crippen molar-refractivity contribution in [2.24, 2.45) is 10.8 Å². The fourth-order valence-electron chi connectivity index (χ4n) is 6.88. The largest absolute Gasteiger partial charge is 0.507 e. The first kappa shape index (κ1) is 30.6. The van der Waals surface area contributed by atoms with E-state index in [0.717, 1.165) is 46.1 Å². The number of benzene rings is 3. The van der Waals surface area contributed by atoms with Crippen molar-refractivity contribution in [2.45, 2.75) is 106 Å². The molecule has 0 aliphatic carbocycles. The average Bonchev–Trinajstić information content (AvgIpc) is 3.23. The molecule has 220 valence electrons. The van der Waals surface area contributed by atoms with Crippen molar-refractivity contribution in [3.05, 3.63) is 76.3 Å². The van der Waals surface area contributed by atoms with E-state index in [2.05, 4.69) is 91.6 Å². The predicted octanol–water partition coefficient (Wildman–Crippen LogP) is 9.16. The number of aryl methyl sites for hydroxylation is 1. The summed E-state index contributed by atoms with van der Waals surface area (Å²) in [5.41, 5.74) is 6.70. The van der Waals surface area contributed by atoms with Crippen LogP contribution in [0.15, 0.2) is 48.5 Å². The van der Waals surface area contributed by atoms with Crippen LogP contribution in [0.1, 0.15) is 110 Å². The number of hydrogen-bond donors (Lipinski definition) is 2. The Bertz CT molecular complexity index is 1530. The van der Waals surface area contributed by atoms with Gasteiger partial charge in [-0.2, -0.15) is 0 Å². The summed E-state index contributed by atoms with van der Waals surface area (Å²) in [6, 6.07) is 16.0. The topological polar surface area (TPSA) is 71.2 Å². The van der Waals surface area contributed by atoms with E-state index in [4.69, 9.17) is 0 Å². The second kappa shape index (κ2) is 10.5. The molecule has 0 saturated heterocycles. The molecule has 0 aliphatic heterocycles. The van der Waals surface area contributed by atoms with Crippen LogP contribution in [0.2, 0.25) is 0 Å². The monoisotopic (exact) mass is 555 g/mol. The molecule has 0 aliphatic rings. The minimum atomic E-state index is -0.246. The summed E-state index contributed by atoms with van der Waals surface area (Å²) in [7, 11) is 0. The van der Waals surface area contributed by atoms with Gasteiger partial charge in [0.15, 0.2) is 0 Å². The molecule has 0 saturated carbocycles. The highest BCUT2D eigenvalue weighted by molar-refractivity contribution is 5.73. The van der Waals surface area contributed by atoms with Gasteiger partial charge in [0.2, 0.25) is 0 Å². The van der Waals surface area contributed by atoms with Gasteiger partial charge in [0.25, 0.3) is 0 Å². The van der Waals surface area contributed by atoms with Gasteiger partial charge in [-0.3, -0.25) is 0 Å². The van der Waals surface area contributed by atoms with Crippen LogP contribution in [-0.4, -0.2) is 25.2 Å².